The van der Waals surface area contributed by atoms with Gasteiger partial charge < -0.3 is 0 Å². The third kappa shape index (κ3) is 3.90. The van der Waals surface area contributed by atoms with Gasteiger partial charge >= 0.3 is 6.18 Å². The Morgan fingerprint density at radius 2 is 1.85 bits per heavy atom. The smallest absolute Gasteiger partial charge is 0.227 e. The van der Waals surface area contributed by atoms with Gasteiger partial charge in [-0.1, -0.05) is 19.1 Å². The molecule has 2 aromatic rings. The SMILES string of the molecule is [C-]#[N+]c1cc(C)c(S(=O)(=O)N(CC)C(c2ccc(F)cc2)C(F)(F)F)s1. The van der Waals surface area contributed by atoms with Gasteiger partial charge in [0.15, 0.2) is 0 Å². The van der Waals surface area contributed by atoms with Crippen LogP contribution in [0.2, 0.25) is 0 Å². The summed E-state index contributed by atoms with van der Waals surface area (Å²) in [6.07, 6.45) is -4.91. The van der Waals surface area contributed by atoms with Crippen molar-refractivity contribution in [2.24, 2.45) is 0 Å². The molecule has 0 aliphatic carbocycles. The van der Waals surface area contributed by atoms with Gasteiger partial charge in [-0.3, -0.25) is 0 Å². The van der Waals surface area contributed by atoms with Gasteiger partial charge in [-0.2, -0.15) is 17.5 Å². The molecule has 1 unspecified atom stereocenters. The number of thiophene rings is 1. The summed E-state index contributed by atoms with van der Waals surface area (Å²) < 4.78 is 80.1. The molecule has 140 valence electrons. The zero-order valence-corrected chi connectivity index (χ0v) is 15.3. The number of benzene rings is 1. The van der Waals surface area contributed by atoms with Crippen molar-refractivity contribution in [3.63, 3.8) is 0 Å². The van der Waals surface area contributed by atoms with E-state index in [1.165, 1.54) is 19.9 Å². The summed E-state index contributed by atoms with van der Waals surface area (Å²) in [4.78, 5) is 3.13. The van der Waals surface area contributed by atoms with Crippen LogP contribution in [0.3, 0.4) is 0 Å². The van der Waals surface area contributed by atoms with E-state index in [2.05, 4.69) is 4.85 Å². The average molecular weight is 406 g/mol. The fraction of sp³-hybridized carbons (Fsp3) is 0.312. The topological polar surface area (TPSA) is 41.7 Å². The van der Waals surface area contributed by atoms with Gasteiger partial charge in [0, 0.05) is 6.54 Å². The second-order valence-corrected chi connectivity index (χ2v) is 8.49. The third-order valence-corrected chi connectivity index (χ3v) is 7.29. The first-order valence-electron chi connectivity index (χ1n) is 7.34. The number of hydrogen-bond donors (Lipinski definition) is 0. The largest absolute Gasteiger partial charge is 0.409 e. The Labute approximate surface area is 152 Å². The van der Waals surface area contributed by atoms with E-state index in [1.807, 2.05) is 0 Å². The molecule has 0 bridgehead atoms. The Morgan fingerprint density at radius 3 is 2.27 bits per heavy atom. The van der Waals surface area contributed by atoms with Gasteiger partial charge in [-0.15, -0.1) is 11.3 Å². The summed E-state index contributed by atoms with van der Waals surface area (Å²) in [5.41, 5.74) is -0.177. The van der Waals surface area contributed by atoms with E-state index < -0.39 is 34.6 Å². The van der Waals surface area contributed by atoms with Crippen molar-refractivity contribution in [1.29, 1.82) is 0 Å². The predicted octanol–water partition coefficient (Wildman–Crippen LogP) is 5.06. The molecule has 0 radical (unpaired) electrons. The van der Waals surface area contributed by atoms with Gasteiger partial charge in [0.25, 0.3) is 10.0 Å². The second kappa shape index (κ2) is 7.34. The van der Waals surface area contributed by atoms with Crippen LogP contribution < -0.4 is 0 Å². The molecule has 26 heavy (non-hydrogen) atoms. The molecule has 1 heterocycles. The van der Waals surface area contributed by atoms with Crippen LogP contribution in [0, 0.1) is 19.3 Å². The van der Waals surface area contributed by atoms with E-state index in [-0.39, 0.29) is 20.3 Å². The highest BCUT2D eigenvalue weighted by atomic mass is 32.2. The summed E-state index contributed by atoms with van der Waals surface area (Å²) >= 11 is 0.625. The van der Waals surface area contributed by atoms with Gasteiger partial charge in [0.05, 0.1) is 6.57 Å². The lowest BCUT2D eigenvalue weighted by Gasteiger charge is -2.31. The fourth-order valence-corrected chi connectivity index (χ4v) is 5.71. The highest BCUT2D eigenvalue weighted by Crippen LogP contribution is 2.43. The number of rotatable bonds is 5. The minimum absolute atomic E-state index is 0.0717. The normalized spacial score (nSPS) is 13.6. The highest BCUT2D eigenvalue weighted by molar-refractivity contribution is 7.91. The molecule has 0 fully saturated rings. The molecule has 1 aromatic carbocycles. The van der Waals surface area contributed by atoms with E-state index in [4.69, 9.17) is 6.57 Å². The Kier molecular flexibility index (Phi) is 5.75. The molecule has 0 aliphatic heterocycles. The Morgan fingerprint density at radius 1 is 1.27 bits per heavy atom. The molecule has 0 spiro atoms. The van der Waals surface area contributed by atoms with E-state index >= 15 is 0 Å². The molecule has 1 aromatic heterocycles. The second-order valence-electron chi connectivity index (χ2n) is 5.37. The van der Waals surface area contributed by atoms with Crippen molar-refractivity contribution in [2.45, 2.75) is 30.3 Å². The van der Waals surface area contributed by atoms with Crippen LogP contribution in [-0.2, 0) is 10.0 Å². The minimum Gasteiger partial charge on any atom is -0.227 e. The molecule has 0 amide bonds. The van der Waals surface area contributed by atoms with Crippen molar-refractivity contribution in [3.8, 4) is 0 Å². The number of alkyl halides is 3. The van der Waals surface area contributed by atoms with Crippen LogP contribution in [0.5, 0.6) is 0 Å². The lowest BCUT2D eigenvalue weighted by atomic mass is 10.1. The maximum Gasteiger partial charge on any atom is 0.409 e. The molecule has 10 heteroatoms. The first kappa shape index (κ1) is 20.4. The lowest BCUT2D eigenvalue weighted by Crippen LogP contribution is -2.42. The van der Waals surface area contributed by atoms with E-state index in [0.29, 0.717) is 15.6 Å². The standard InChI is InChI=1S/C16H14F4N2O2S2/c1-4-22(26(23,24)15-10(2)9-13(21-3)25-15)14(16(18,19)20)11-5-7-12(17)8-6-11/h5-9,14H,4H2,1-2H3. The molecule has 1 atom stereocenters. The van der Waals surface area contributed by atoms with Gasteiger partial charge in [0.1, 0.15) is 16.1 Å². The molecular weight excluding hydrogens is 392 g/mol. The van der Waals surface area contributed by atoms with Crippen LogP contribution in [0.4, 0.5) is 22.6 Å². The van der Waals surface area contributed by atoms with Crippen LogP contribution in [0.25, 0.3) is 4.85 Å². The number of halogens is 4. The number of hydrogen-bond acceptors (Lipinski definition) is 3. The fourth-order valence-electron chi connectivity index (χ4n) is 2.52. The van der Waals surface area contributed by atoms with Gasteiger partial charge in [-0.05, 0) is 36.2 Å². The van der Waals surface area contributed by atoms with E-state index in [1.54, 1.807) is 0 Å². The molecule has 0 saturated heterocycles. The molecule has 4 nitrogen and oxygen atoms in total. The van der Waals surface area contributed by atoms with Gasteiger partial charge in [-0.25, -0.2) is 17.7 Å². The molecule has 2 rings (SSSR count). The summed E-state index contributed by atoms with van der Waals surface area (Å²) in [5, 5.41) is 0.0717. The Bertz CT molecular complexity index is 929. The average Bonchev–Trinajstić information content (AvgIpc) is 2.94. The monoisotopic (exact) mass is 406 g/mol. The number of sulfonamides is 1. The minimum atomic E-state index is -4.91. The summed E-state index contributed by atoms with van der Waals surface area (Å²) in [6, 6.07) is 2.38. The van der Waals surface area contributed by atoms with Crippen LogP contribution in [-0.4, -0.2) is 25.4 Å². The summed E-state index contributed by atoms with van der Waals surface area (Å²) in [7, 11) is -4.52. The third-order valence-electron chi connectivity index (χ3n) is 3.61. The van der Waals surface area contributed by atoms with Crippen LogP contribution in [0.15, 0.2) is 34.5 Å². The van der Waals surface area contributed by atoms with E-state index in [0.717, 1.165) is 24.3 Å². The highest BCUT2D eigenvalue weighted by Gasteiger charge is 2.49. The number of nitrogens with zero attached hydrogens (tertiary/aromatic N) is 2. The first-order chi connectivity index (χ1) is 12.0. The van der Waals surface area contributed by atoms with Crippen LogP contribution >= 0.6 is 11.3 Å². The molecule has 0 aliphatic rings. The summed E-state index contributed by atoms with van der Waals surface area (Å²) in [6.45, 7) is 9.22. The molecule has 0 N–H and O–H groups in total. The quantitative estimate of drug-likeness (QED) is 0.514. The number of aryl methyl sites for hydroxylation is 1. The van der Waals surface area contributed by atoms with Crippen molar-refractivity contribution in [1.82, 2.24) is 4.31 Å². The zero-order chi connectivity index (χ0) is 19.7. The van der Waals surface area contributed by atoms with E-state index in [9.17, 15) is 26.0 Å². The van der Waals surface area contributed by atoms with Crippen LogP contribution in [0.1, 0.15) is 24.1 Å². The predicted molar refractivity (Wildman–Crippen MR) is 90.1 cm³/mol. The zero-order valence-electron chi connectivity index (χ0n) is 13.7. The molecule has 0 saturated carbocycles. The Balaban J connectivity index is 2.62. The van der Waals surface area contributed by atoms with Crippen molar-refractivity contribution < 1.29 is 26.0 Å². The maximum absolute atomic E-state index is 13.7. The summed E-state index contributed by atoms with van der Waals surface area (Å²) in [5.74, 6) is -0.726. The lowest BCUT2D eigenvalue weighted by molar-refractivity contribution is -0.173. The first-order valence-corrected chi connectivity index (χ1v) is 9.60. The van der Waals surface area contributed by atoms with Crippen molar-refractivity contribution in [2.75, 3.05) is 6.54 Å². The van der Waals surface area contributed by atoms with Crippen molar-refractivity contribution in [3.05, 3.63) is 58.7 Å². The Hall–Kier alpha value is -1.96. The van der Waals surface area contributed by atoms with Crippen molar-refractivity contribution >= 4 is 26.4 Å². The van der Waals surface area contributed by atoms with Gasteiger partial charge in [0.2, 0.25) is 5.00 Å². The maximum atomic E-state index is 13.7. The molecular formula is C16H14F4N2O2S2.